The molecule has 2 N–H and O–H groups in total. The molecule has 146 valence electrons. The van der Waals surface area contributed by atoms with Crippen LogP contribution in [0.2, 0.25) is 0 Å². The van der Waals surface area contributed by atoms with Gasteiger partial charge in [0.2, 0.25) is 5.75 Å². The average Bonchev–Trinajstić information content (AvgIpc) is 2.70. The summed E-state index contributed by atoms with van der Waals surface area (Å²) in [6.07, 6.45) is 5.14. The summed E-state index contributed by atoms with van der Waals surface area (Å²) in [7, 11) is 4.58. The standard InChI is InChI=1S/C20H27N3O4/c1-5-6-7-10-21-14-8-9-16(22-13-14)20(24)23-15-11-17(25-2)19(27-4)18(12-15)26-3/h8-9,11-13,21H,5-7,10H2,1-4H3,(H,23,24). The van der Waals surface area contributed by atoms with Gasteiger partial charge in [0.25, 0.3) is 5.91 Å². The highest BCUT2D eigenvalue weighted by atomic mass is 16.5. The average molecular weight is 373 g/mol. The van der Waals surface area contributed by atoms with Crippen LogP contribution in [0.15, 0.2) is 30.5 Å². The number of hydrogen-bond donors (Lipinski definition) is 2. The van der Waals surface area contributed by atoms with Gasteiger partial charge in [-0.3, -0.25) is 4.79 Å². The summed E-state index contributed by atoms with van der Waals surface area (Å²) in [5.74, 6) is 1.08. The third kappa shape index (κ3) is 5.51. The number of ether oxygens (including phenoxy) is 3. The number of pyridine rings is 1. The van der Waals surface area contributed by atoms with Crippen LogP contribution < -0.4 is 24.8 Å². The van der Waals surface area contributed by atoms with Crippen molar-refractivity contribution in [3.8, 4) is 17.2 Å². The number of benzene rings is 1. The molecule has 0 aliphatic rings. The summed E-state index contributed by atoms with van der Waals surface area (Å²) < 4.78 is 15.9. The molecule has 0 unspecified atom stereocenters. The number of methoxy groups -OCH3 is 3. The van der Waals surface area contributed by atoms with Crippen LogP contribution in [0.1, 0.15) is 36.7 Å². The van der Waals surface area contributed by atoms with E-state index in [-0.39, 0.29) is 5.91 Å². The van der Waals surface area contributed by atoms with Gasteiger partial charge in [-0.25, -0.2) is 4.98 Å². The second-order valence-corrected chi connectivity index (χ2v) is 5.93. The number of nitrogens with one attached hydrogen (secondary N) is 2. The highest BCUT2D eigenvalue weighted by Gasteiger charge is 2.15. The molecule has 1 heterocycles. The van der Waals surface area contributed by atoms with Gasteiger partial charge in [0.15, 0.2) is 11.5 Å². The van der Waals surface area contributed by atoms with Crippen LogP contribution in [0, 0.1) is 0 Å². The first-order valence-electron chi connectivity index (χ1n) is 8.94. The van der Waals surface area contributed by atoms with E-state index in [1.54, 1.807) is 24.4 Å². The molecular formula is C20H27N3O4. The molecule has 0 bridgehead atoms. The van der Waals surface area contributed by atoms with Gasteiger partial charge in [0.1, 0.15) is 5.69 Å². The smallest absolute Gasteiger partial charge is 0.274 e. The summed E-state index contributed by atoms with van der Waals surface area (Å²) in [4.78, 5) is 16.7. The minimum Gasteiger partial charge on any atom is -0.493 e. The summed E-state index contributed by atoms with van der Waals surface area (Å²) >= 11 is 0. The number of nitrogens with zero attached hydrogens (tertiary/aromatic N) is 1. The van der Waals surface area contributed by atoms with E-state index in [1.807, 2.05) is 6.07 Å². The summed E-state index contributed by atoms with van der Waals surface area (Å²) in [5.41, 5.74) is 1.75. The van der Waals surface area contributed by atoms with Crippen molar-refractivity contribution in [1.82, 2.24) is 4.98 Å². The molecule has 0 atom stereocenters. The number of carbonyl (C=O) groups is 1. The molecule has 0 fully saturated rings. The van der Waals surface area contributed by atoms with Crippen LogP contribution in [0.5, 0.6) is 17.2 Å². The minimum absolute atomic E-state index is 0.318. The maximum absolute atomic E-state index is 12.5. The van der Waals surface area contributed by atoms with E-state index in [0.717, 1.165) is 18.7 Å². The van der Waals surface area contributed by atoms with Gasteiger partial charge in [-0.05, 0) is 18.6 Å². The van der Waals surface area contributed by atoms with Crippen molar-refractivity contribution < 1.29 is 19.0 Å². The van der Waals surface area contributed by atoms with Gasteiger partial charge in [0, 0.05) is 24.4 Å². The molecule has 1 aromatic heterocycles. The monoisotopic (exact) mass is 373 g/mol. The quantitative estimate of drug-likeness (QED) is 0.614. The fourth-order valence-electron chi connectivity index (χ4n) is 2.59. The van der Waals surface area contributed by atoms with Gasteiger partial charge in [0.05, 0.1) is 33.2 Å². The molecule has 7 nitrogen and oxygen atoms in total. The zero-order valence-corrected chi connectivity index (χ0v) is 16.3. The summed E-state index contributed by atoms with van der Waals surface area (Å²) in [6, 6.07) is 6.88. The van der Waals surface area contributed by atoms with Gasteiger partial charge in [-0.1, -0.05) is 19.8 Å². The highest BCUT2D eigenvalue weighted by molar-refractivity contribution is 6.03. The van der Waals surface area contributed by atoms with Gasteiger partial charge < -0.3 is 24.8 Å². The molecule has 2 aromatic rings. The van der Waals surface area contributed by atoms with E-state index >= 15 is 0 Å². The van der Waals surface area contributed by atoms with E-state index in [2.05, 4.69) is 22.5 Å². The largest absolute Gasteiger partial charge is 0.493 e. The first-order valence-corrected chi connectivity index (χ1v) is 8.94. The van der Waals surface area contributed by atoms with Crippen molar-refractivity contribution in [2.45, 2.75) is 26.2 Å². The van der Waals surface area contributed by atoms with E-state index in [1.165, 1.54) is 34.2 Å². The fraction of sp³-hybridized carbons (Fsp3) is 0.400. The molecule has 7 heteroatoms. The predicted molar refractivity (Wildman–Crippen MR) is 106 cm³/mol. The molecule has 2 rings (SSSR count). The Morgan fingerprint density at radius 1 is 1.00 bits per heavy atom. The Bertz CT molecular complexity index is 722. The second kappa shape index (κ2) is 10.3. The Kier molecular flexibility index (Phi) is 7.73. The lowest BCUT2D eigenvalue weighted by Crippen LogP contribution is -2.14. The third-order valence-corrected chi connectivity index (χ3v) is 4.03. The van der Waals surface area contributed by atoms with Crippen molar-refractivity contribution >= 4 is 17.3 Å². The summed E-state index contributed by atoms with van der Waals surface area (Å²) in [5, 5.41) is 6.10. The van der Waals surface area contributed by atoms with Crippen molar-refractivity contribution in [2.24, 2.45) is 0 Å². The summed E-state index contributed by atoms with van der Waals surface area (Å²) in [6.45, 7) is 3.06. The fourth-order valence-corrected chi connectivity index (χ4v) is 2.59. The van der Waals surface area contributed by atoms with Crippen molar-refractivity contribution in [1.29, 1.82) is 0 Å². The normalized spacial score (nSPS) is 10.2. The molecular weight excluding hydrogens is 346 g/mol. The number of unbranched alkanes of at least 4 members (excludes halogenated alkanes) is 2. The van der Waals surface area contributed by atoms with Crippen molar-refractivity contribution in [2.75, 3.05) is 38.5 Å². The Morgan fingerprint density at radius 2 is 1.70 bits per heavy atom. The number of rotatable bonds is 10. The van der Waals surface area contributed by atoms with Crippen LogP contribution in [0.3, 0.4) is 0 Å². The number of carbonyl (C=O) groups excluding carboxylic acids is 1. The van der Waals surface area contributed by atoms with Gasteiger partial charge in [-0.2, -0.15) is 0 Å². The maximum atomic E-state index is 12.5. The third-order valence-electron chi connectivity index (χ3n) is 4.03. The number of amides is 1. The second-order valence-electron chi connectivity index (χ2n) is 5.93. The van der Waals surface area contributed by atoms with Crippen LogP contribution in [-0.2, 0) is 0 Å². The molecule has 27 heavy (non-hydrogen) atoms. The Morgan fingerprint density at radius 3 is 2.22 bits per heavy atom. The van der Waals surface area contributed by atoms with Crippen LogP contribution in [0.4, 0.5) is 11.4 Å². The zero-order valence-electron chi connectivity index (χ0n) is 16.3. The molecule has 1 aromatic carbocycles. The molecule has 1 amide bonds. The molecule has 0 aliphatic carbocycles. The zero-order chi connectivity index (χ0) is 19.6. The van der Waals surface area contributed by atoms with Crippen LogP contribution >= 0.6 is 0 Å². The Balaban J connectivity index is 2.06. The lowest BCUT2D eigenvalue weighted by atomic mass is 10.2. The van der Waals surface area contributed by atoms with Gasteiger partial charge in [-0.15, -0.1) is 0 Å². The predicted octanol–water partition coefficient (Wildman–Crippen LogP) is 3.96. The van der Waals surface area contributed by atoms with Crippen molar-refractivity contribution in [3.05, 3.63) is 36.2 Å². The Labute approximate surface area is 160 Å². The van der Waals surface area contributed by atoms with Crippen LogP contribution in [0.25, 0.3) is 0 Å². The molecule has 0 aliphatic heterocycles. The molecule has 0 radical (unpaired) electrons. The maximum Gasteiger partial charge on any atom is 0.274 e. The first-order chi connectivity index (χ1) is 13.1. The Hall–Kier alpha value is -2.96. The number of aromatic nitrogens is 1. The topological polar surface area (TPSA) is 81.7 Å². The van der Waals surface area contributed by atoms with E-state index < -0.39 is 0 Å². The number of anilines is 2. The van der Waals surface area contributed by atoms with Crippen LogP contribution in [-0.4, -0.2) is 38.8 Å². The molecule has 0 spiro atoms. The molecule has 0 saturated heterocycles. The van der Waals surface area contributed by atoms with E-state index in [4.69, 9.17) is 14.2 Å². The van der Waals surface area contributed by atoms with Crippen molar-refractivity contribution in [3.63, 3.8) is 0 Å². The highest BCUT2D eigenvalue weighted by Crippen LogP contribution is 2.39. The SMILES string of the molecule is CCCCCNc1ccc(C(=O)Nc2cc(OC)c(OC)c(OC)c2)nc1. The lowest BCUT2D eigenvalue weighted by molar-refractivity contribution is 0.102. The minimum atomic E-state index is -0.318. The van der Waals surface area contributed by atoms with E-state index in [9.17, 15) is 4.79 Å². The van der Waals surface area contributed by atoms with Gasteiger partial charge >= 0.3 is 0 Å². The number of hydrogen-bond acceptors (Lipinski definition) is 6. The lowest BCUT2D eigenvalue weighted by Gasteiger charge is -2.14. The first kappa shape index (κ1) is 20.4. The molecule has 0 saturated carbocycles. The van der Waals surface area contributed by atoms with E-state index in [0.29, 0.717) is 28.6 Å².